The molecule has 138 valence electrons. The second-order valence-electron chi connectivity index (χ2n) is 5.19. The standard InChI is InChI=1S/C15H13ClFN3O5S/c1-19(9-15(21)18-11-4-2-10(16)3-5-11)26(24,25)12-6-7-13(17)14(8-12)20(22)23/h2-8H,9H2,1H3,(H,18,21). The van der Waals surface area contributed by atoms with E-state index in [1.54, 1.807) is 12.1 Å². The van der Waals surface area contributed by atoms with Crippen LogP contribution in [0, 0.1) is 15.9 Å². The lowest BCUT2D eigenvalue weighted by Crippen LogP contribution is -2.35. The number of rotatable bonds is 6. The van der Waals surface area contributed by atoms with Gasteiger partial charge in [0.1, 0.15) is 0 Å². The normalized spacial score (nSPS) is 11.4. The van der Waals surface area contributed by atoms with Gasteiger partial charge in [-0.3, -0.25) is 14.9 Å². The van der Waals surface area contributed by atoms with Crippen molar-refractivity contribution in [3.63, 3.8) is 0 Å². The summed E-state index contributed by atoms with van der Waals surface area (Å²) >= 11 is 5.73. The number of nitro benzene ring substituents is 1. The molecule has 1 N–H and O–H groups in total. The fourth-order valence-corrected chi connectivity index (χ4v) is 3.27. The Labute approximate surface area is 153 Å². The third kappa shape index (κ3) is 4.54. The van der Waals surface area contributed by atoms with Gasteiger partial charge in [0.2, 0.25) is 21.7 Å². The number of hydrogen-bond acceptors (Lipinski definition) is 5. The highest BCUT2D eigenvalue weighted by Crippen LogP contribution is 2.23. The molecule has 0 radical (unpaired) electrons. The molecule has 2 rings (SSSR count). The maximum Gasteiger partial charge on any atom is 0.306 e. The van der Waals surface area contributed by atoms with Gasteiger partial charge in [0.25, 0.3) is 0 Å². The predicted octanol–water partition coefficient (Wildman–Crippen LogP) is 2.65. The van der Waals surface area contributed by atoms with Gasteiger partial charge in [-0.25, -0.2) is 8.42 Å². The number of benzene rings is 2. The van der Waals surface area contributed by atoms with Crippen molar-refractivity contribution in [2.75, 3.05) is 18.9 Å². The number of carbonyl (C=O) groups is 1. The Bertz CT molecular complexity index is 950. The summed E-state index contributed by atoms with van der Waals surface area (Å²) < 4.78 is 38.9. The smallest absolute Gasteiger partial charge is 0.306 e. The van der Waals surface area contributed by atoms with Crippen LogP contribution in [-0.4, -0.2) is 37.1 Å². The van der Waals surface area contributed by atoms with Gasteiger partial charge in [0.05, 0.1) is 16.4 Å². The first-order valence-corrected chi connectivity index (χ1v) is 8.89. The molecule has 0 atom stereocenters. The van der Waals surface area contributed by atoms with Gasteiger partial charge in [0, 0.05) is 23.8 Å². The Morgan fingerprint density at radius 1 is 1.27 bits per heavy atom. The molecule has 0 saturated carbocycles. The van der Waals surface area contributed by atoms with Crippen LogP contribution < -0.4 is 5.32 Å². The lowest BCUT2D eigenvalue weighted by molar-refractivity contribution is -0.387. The van der Waals surface area contributed by atoms with Gasteiger partial charge < -0.3 is 5.32 Å². The van der Waals surface area contributed by atoms with Crippen molar-refractivity contribution in [3.05, 3.63) is 63.4 Å². The van der Waals surface area contributed by atoms with Crippen molar-refractivity contribution >= 4 is 38.9 Å². The fourth-order valence-electron chi connectivity index (χ4n) is 1.99. The molecule has 0 heterocycles. The molecule has 2 aromatic rings. The summed E-state index contributed by atoms with van der Waals surface area (Å²) in [5.41, 5.74) is -0.548. The number of amides is 1. The minimum absolute atomic E-state index is 0.419. The number of nitrogens with zero attached hydrogens (tertiary/aromatic N) is 2. The third-order valence-electron chi connectivity index (χ3n) is 3.32. The van der Waals surface area contributed by atoms with E-state index in [0.29, 0.717) is 27.1 Å². The van der Waals surface area contributed by atoms with Crippen molar-refractivity contribution in [1.29, 1.82) is 0 Å². The number of nitrogens with one attached hydrogen (secondary N) is 1. The van der Waals surface area contributed by atoms with E-state index in [1.165, 1.54) is 12.1 Å². The van der Waals surface area contributed by atoms with Crippen molar-refractivity contribution in [2.24, 2.45) is 0 Å². The summed E-state index contributed by atoms with van der Waals surface area (Å²) in [6, 6.07) is 8.37. The average molecular weight is 402 g/mol. The maximum atomic E-state index is 13.4. The summed E-state index contributed by atoms with van der Waals surface area (Å²) in [6.07, 6.45) is 0. The summed E-state index contributed by atoms with van der Waals surface area (Å²) in [5, 5.41) is 13.7. The molecule has 2 aromatic carbocycles. The van der Waals surface area contributed by atoms with Crippen LogP contribution in [0.1, 0.15) is 0 Å². The summed E-state index contributed by atoms with van der Waals surface area (Å²) in [7, 11) is -3.09. The highest BCUT2D eigenvalue weighted by atomic mass is 35.5. The van der Waals surface area contributed by atoms with E-state index >= 15 is 0 Å². The number of hydrogen-bond donors (Lipinski definition) is 1. The molecule has 1 amide bonds. The van der Waals surface area contributed by atoms with Crippen molar-refractivity contribution in [1.82, 2.24) is 4.31 Å². The number of likely N-dealkylation sites (N-methyl/N-ethyl adjacent to an activating group) is 1. The zero-order valence-corrected chi connectivity index (χ0v) is 14.9. The van der Waals surface area contributed by atoms with Gasteiger partial charge in [0.15, 0.2) is 0 Å². The number of anilines is 1. The van der Waals surface area contributed by atoms with Gasteiger partial charge >= 0.3 is 5.69 Å². The molecule has 0 aliphatic rings. The first-order chi connectivity index (χ1) is 12.1. The van der Waals surface area contributed by atoms with Crippen LogP contribution in [0.2, 0.25) is 5.02 Å². The Balaban J connectivity index is 2.15. The highest BCUT2D eigenvalue weighted by Gasteiger charge is 2.26. The molecular weight excluding hydrogens is 389 g/mol. The molecule has 0 aliphatic heterocycles. The number of halogens is 2. The molecule has 0 unspecified atom stereocenters. The number of carbonyl (C=O) groups excluding carboxylic acids is 1. The van der Waals surface area contributed by atoms with Gasteiger partial charge in [-0.05, 0) is 36.4 Å². The second kappa shape index (κ2) is 7.77. The Kier molecular flexibility index (Phi) is 5.90. The van der Waals surface area contributed by atoms with Crippen molar-refractivity contribution in [2.45, 2.75) is 4.90 Å². The number of nitro groups is 1. The van der Waals surface area contributed by atoms with Crippen LogP contribution in [0.15, 0.2) is 47.4 Å². The average Bonchev–Trinajstić information content (AvgIpc) is 2.56. The van der Waals surface area contributed by atoms with Crippen LogP contribution in [-0.2, 0) is 14.8 Å². The maximum absolute atomic E-state index is 13.4. The molecule has 11 heteroatoms. The third-order valence-corrected chi connectivity index (χ3v) is 5.37. The van der Waals surface area contributed by atoms with E-state index in [0.717, 1.165) is 13.1 Å². The van der Waals surface area contributed by atoms with E-state index < -0.39 is 43.8 Å². The SMILES string of the molecule is CN(CC(=O)Nc1ccc(Cl)cc1)S(=O)(=O)c1ccc(F)c([N+](=O)[O-])c1. The molecular formula is C15H13ClFN3O5S. The Hall–Kier alpha value is -2.56. The summed E-state index contributed by atoms with van der Waals surface area (Å²) in [5.74, 6) is -1.79. The predicted molar refractivity (Wildman–Crippen MR) is 93.0 cm³/mol. The lowest BCUT2D eigenvalue weighted by Gasteiger charge is -2.17. The second-order valence-corrected chi connectivity index (χ2v) is 7.67. The van der Waals surface area contributed by atoms with E-state index in [2.05, 4.69) is 5.32 Å². The monoisotopic (exact) mass is 401 g/mol. The molecule has 0 aliphatic carbocycles. The van der Waals surface area contributed by atoms with Crippen LogP contribution in [0.25, 0.3) is 0 Å². The molecule has 0 fully saturated rings. The van der Waals surface area contributed by atoms with Gasteiger partial charge in [-0.15, -0.1) is 0 Å². The Morgan fingerprint density at radius 2 is 1.88 bits per heavy atom. The first kappa shape index (κ1) is 19.8. The van der Waals surface area contributed by atoms with Crippen LogP contribution >= 0.6 is 11.6 Å². The van der Waals surface area contributed by atoms with Crippen LogP contribution in [0.3, 0.4) is 0 Å². The zero-order chi connectivity index (χ0) is 19.5. The van der Waals surface area contributed by atoms with Crippen LogP contribution in [0.4, 0.5) is 15.8 Å². The Morgan fingerprint density at radius 3 is 2.46 bits per heavy atom. The lowest BCUT2D eigenvalue weighted by atomic mass is 10.3. The summed E-state index contributed by atoms with van der Waals surface area (Å²) in [4.78, 5) is 21.2. The minimum Gasteiger partial charge on any atom is -0.325 e. The minimum atomic E-state index is -4.23. The zero-order valence-electron chi connectivity index (χ0n) is 13.3. The molecule has 0 aromatic heterocycles. The van der Waals surface area contributed by atoms with E-state index in [1.807, 2.05) is 0 Å². The van der Waals surface area contributed by atoms with E-state index in [9.17, 15) is 27.7 Å². The molecule has 0 bridgehead atoms. The van der Waals surface area contributed by atoms with Gasteiger partial charge in [-0.2, -0.15) is 8.70 Å². The number of sulfonamides is 1. The van der Waals surface area contributed by atoms with E-state index in [-0.39, 0.29) is 0 Å². The molecule has 0 spiro atoms. The van der Waals surface area contributed by atoms with Gasteiger partial charge in [-0.1, -0.05) is 11.6 Å². The highest BCUT2D eigenvalue weighted by molar-refractivity contribution is 7.89. The molecule has 26 heavy (non-hydrogen) atoms. The largest absolute Gasteiger partial charge is 0.325 e. The summed E-state index contributed by atoms with van der Waals surface area (Å²) in [6.45, 7) is -0.546. The van der Waals surface area contributed by atoms with Crippen molar-refractivity contribution < 1.29 is 22.5 Å². The molecule has 0 saturated heterocycles. The quantitative estimate of drug-likeness (QED) is 0.591. The fraction of sp³-hybridized carbons (Fsp3) is 0.133. The first-order valence-electron chi connectivity index (χ1n) is 7.07. The van der Waals surface area contributed by atoms with E-state index in [4.69, 9.17) is 11.6 Å². The topological polar surface area (TPSA) is 110 Å². The van der Waals surface area contributed by atoms with Crippen molar-refractivity contribution in [3.8, 4) is 0 Å². The van der Waals surface area contributed by atoms with Crippen LogP contribution in [0.5, 0.6) is 0 Å². The molecule has 8 nitrogen and oxygen atoms in total.